The number of aromatic nitrogens is 2. The summed E-state index contributed by atoms with van der Waals surface area (Å²) in [7, 11) is 3.99. The molecule has 7 nitrogen and oxygen atoms in total. The van der Waals surface area contributed by atoms with Crippen molar-refractivity contribution < 1.29 is 9.21 Å². The molecule has 0 radical (unpaired) electrons. The second-order valence-electron chi connectivity index (χ2n) is 4.78. The molecule has 7 heteroatoms. The number of carbonyl (C=O) groups excluding carboxylic acids is 1. The van der Waals surface area contributed by atoms with E-state index in [0.29, 0.717) is 23.8 Å². The molecule has 0 spiro atoms. The Morgan fingerprint density at radius 1 is 1.38 bits per heavy atom. The number of amides is 1. The highest BCUT2D eigenvalue weighted by molar-refractivity contribution is 5.92. The molecule has 21 heavy (non-hydrogen) atoms. The summed E-state index contributed by atoms with van der Waals surface area (Å²) in [5, 5.41) is 5.89. The molecule has 1 amide bonds. The highest BCUT2D eigenvalue weighted by atomic mass is 16.3. The third-order valence-electron chi connectivity index (χ3n) is 2.77. The van der Waals surface area contributed by atoms with Gasteiger partial charge in [-0.1, -0.05) is 0 Å². The van der Waals surface area contributed by atoms with E-state index in [4.69, 9.17) is 4.42 Å². The Kier molecular flexibility index (Phi) is 5.28. The zero-order valence-electron chi connectivity index (χ0n) is 12.2. The van der Waals surface area contributed by atoms with Crippen molar-refractivity contribution in [3.05, 3.63) is 42.2 Å². The first-order valence-electron chi connectivity index (χ1n) is 6.66. The van der Waals surface area contributed by atoms with Crippen LogP contribution in [0.15, 0.2) is 35.2 Å². The molecule has 0 saturated carbocycles. The second-order valence-corrected chi connectivity index (χ2v) is 4.78. The summed E-state index contributed by atoms with van der Waals surface area (Å²) in [4.78, 5) is 22.1. The van der Waals surface area contributed by atoms with Gasteiger partial charge in [0.05, 0.1) is 12.8 Å². The van der Waals surface area contributed by atoms with Crippen LogP contribution in [0.5, 0.6) is 0 Å². The van der Waals surface area contributed by atoms with Gasteiger partial charge in [0.25, 0.3) is 5.91 Å². The van der Waals surface area contributed by atoms with E-state index >= 15 is 0 Å². The Balaban J connectivity index is 1.88. The number of nitrogens with zero attached hydrogens (tertiary/aromatic N) is 3. The molecule has 0 unspecified atom stereocenters. The molecule has 2 heterocycles. The number of hydrogen-bond donors (Lipinski definition) is 2. The van der Waals surface area contributed by atoms with Crippen molar-refractivity contribution in [1.29, 1.82) is 0 Å². The van der Waals surface area contributed by atoms with Crippen molar-refractivity contribution in [1.82, 2.24) is 20.2 Å². The molecule has 2 N–H and O–H groups in total. The van der Waals surface area contributed by atoms with Crippen molar-refractivity contribution in [2.75, 3.05) is 32.5 Å². The molecular formula is C14H19N5O2. The molecule has 0 atom stereocenters. The first-order valence-corrected chi connectivity index (χ1v) is 6.66. The molecule has 0 bridgehead atoms. The molecule has 2 rings (SSSR count). The molecule has 112 valence electrons. The van der Waals surface area contributed by atoms with Crippen LogP contribution in [0.25, 0.3) is 0 Å². The van der Waals surface area contributed by atoms with Gasteiger partial charge in [-0.3, -0.25) is 4.79 Å². The SMILES string of the molecule is CN(C)CCNc1cc(C(=O)NCc2ccco2)ncn1. The lowest BCUT2D eigenvalue weighted by atomic mass is 10.3. The topological polar surface area (TPSA) is 83.3 Å². The van der Waals surface area contributed by atoms with Gasteiger partial charge in [0.1, 0.15) is 23.6 Å². The third-order valence-corrected chi connectivity index (χ3v) is 2.77. The number of nitrogens with one attached hydrogen (secondary N) is 2. The molecular weight excluding hydrogens is 270 g/mol. The molecule has 0 aromatic carbocycles. The van der Waals surface area contributed by atoms with Crippen LogP contribution in [0.4, 0.5) is 5.82 Å². The highest BCUT2D eigenvalue weighted by Gasteiger charge is 2.09. The molecule has 2 aromatic heterocycles. The van der Waals surface area contributed by atoms with E-state index in [1.165, 1.54) is 6.33 Å². The molecule has 0 aliphatic heterocycles. The van der Waals surface area contributed by atoms with Crippen LogP contribution in [-0.4, -0.2) is 48.0 Å². The van der Waals surface area contributed by atoms with Gasteiger partial charge in [0.15, 0.2) is 0 Å². The Morgan fingerprint density at radius 3 is 2.95 bits per heavy atom. The van der Waals surface area contributed by atoms with Crippen LogP contribution < -0.4 is 10.6 Å². The minimum atomic E-state index is -0.260. The van der Waals surface area contributed by atoms with Gasteiger partial charge in [-0.15, -0.1) is 0 Å². The Hall–Kier alpha value is -2.41. The lowest BCUT2D eigenvalue weighted by Gasteiger charge is -2.11. The summed E-state index contributed by atoms with van der Waals surface area (Å²) in [5.74, 6) is 1.07. The summed E-state index contributed by atoms with van der Waals surface area (Å²) in [5.41, 5.74) is 0.323. The van der Waals surface area contributed by atoms with E-state index < -0.39 is 0 Å². The maximum absolute atomic E-state index is 12.0. The monoisotopic (exact) mass is 289 g/mol. The van der Waals surface area contributed by atoms with Crippen molar-refractivity contribution in [3.63, 3.8) is 0 Å². The van der Waals surface area contributed by atoms with E-state index in [-0.39, 0.29) is 5.91 Å². The van der Waals surface area contributed by atoms with Crippen molar-refractivity contribution in [3.8, 4) is 0 Å². The van der Waals surface area contributed by atoms with E-state index in [2.05, 4.69) is 25.5 Å². The summed E-state index contributed by atoms with van der Waals surface area (Å²) in [6.07, 6.45) is 2.94. The zero-order chi connectivity index (χ0) is 15.1. The van der Waals surface area contributed by atoms with Gasteiger partial charge in [-0.05, 0) is 26.2 Å². The lowest BCUT2D eigenvalue weighted by molar-refractivity contribution is 0.0943. The maximum atomic E-state index is 12.0. The first kappa shape index (κ1) is 15.0. The minimum Gasteiger partial charge on any atom is -0.467 e. The van der Waals surface area contributed by atoms with Crippen LogP contribution >= 0.6 is 0 Å². The van der Waals surface area contributed by atoms with Gasteiger partial charge >= 0.3 is 0 Å². The molecule has 2 aromatic rings. The predicted molar refractivity (Wildman–Crippen MR) is 79.0 cm³/mol. The van der Waals surface area contributed by atoms with E-state index in [0.717, 1.165) is 13.1 Å². The zero-order valence-corrected chi connectivity index (χ0v) is 12.2. The van der Waals surface area contributed by atoms with Gasteiger partial charge in [0, 0.05) is 19.2 Å². The van der Waals surface area contributed by atoms with Crippen LogP contribution in [0.1, 0.15) is 16.2 Å². The minimum absolute atomic E-state index is 0.260. The Labute approximate surface area is 123 Å². The van der Waals surface area contributed by atoms with Gasteiger partial charge < -0.3 is 20.0 Å². The Bertz CT molecular complexity index is 569. The van der Waals surface area contributed by atoms with Gasteiger partial charge in [0.2, 0.25) is 0 Å². The van der Waals surface area contributed by atoms with Gasteiger partial charge in [-0.25, -0.2) is 9.97 Å². The largest absolute Gasteiger partial charge is 0.467 e. The smallest absolute Gasteiger partial charge is 0.270 e. The maximum Gasteiger partial charge on any atom is 0.270 e. The van der Waals surface area contributed by atoms with Crippen molar-refractivity contribution in [2.45, 2.75) is 6.54 Å². The normalized spacial score (nSPS) is 10.6. The fourth-order valence-corrected chi connectivity index (χ4v) is 1.66. The molecule has 0 aliphatic carbocycles. The first-order chi connectivity index (χ1) is 10.1. The van der Waals surface area contributed by atoms with Crippen LogP contribution in [0.3, 0.4) is 0 Å². The van der Waals surface area contributed by atoms with E-state index in [1.54, 1.807) is 24.5 Å². The number of likely N-dealkylation sites (N-methyl/N-ethyl adjacent to an activating group) is 1. The van der Waals surface area contributed by atoms with Crippen LogP contribution in [0, 0.1) is 0 Å². The molecule has 0 fully saturated rings. The molecule has 0 saturated heterocycles. The quantitative estimate of drug-likeness (QED) is 0.790. The van der Waals surface area contributed by atoms with Crippen molar-refractivity contribution >= 4 is 11.7 Å². The summed E-state index contributed by atoms with van der Waals surface area (Å²) < 4.78 is 5.15. The van der Waals surface area contributed by atoms with Crippen LogP contribution in [-0.2, 0) is 6.54 Å². The highest BCUT2D eigenvalue weighted by Crippen LogP contribution is 2.05. The van der Waals surface area contributed by atoms with E-state index in [9.17, 15) is 4.79 Å². The fourth-order valence-electron chi connectivity index (χ4n) is 1.66. The van der Waals surface area contributed by atoms with E-state index in [1.807, 2.05) is 14.1 Å². The second kappa shape index (κ2) is 7.39. The number of hydrogen-bond acceptors (Lipinski definition) is 6. The fraction of sp³-hybridized carbons (Fsp3) is 0.357. The summed E-state index contributed by atoms with van der Waals surface area (Å²) >= 11 is 0. The standard InChI is InChI=1S/C14H19N5O2/c1-19(2)6-5-15-13-8-12(17-10-18-13)14(20)16-9-11-4-3-7-21-11/h3-4,7-8,10H,5-6,9H2,1-2H3,(H,16,20)(H,15,17,18). The summed E-state index contributed by atoms with van der Waals surface area (Å²) in [6, 6.07) is 5.21. The van der Waals surface area contributed by atoms with Gasteiger partial charge in [-0.2, -0.15) is 0 Å². The number of rotatable bonds is 7. The molecule has 0 aliphatic rings. The predicted octanol–water partition coefficient (Wildman–Crippen LogP) is 0.973. The number of carbonyl (C=O) groups is 1. The summed E-state index contributed by atoms with van der Waals surface area (Å²) in [6.45, 7) is 1.96. The number of anilines is 1. The number of furan rings is 1. The average Bonchev–Trinajstić information content (AvgIpc) is 2.98. The Morgan fingerprint density at radius 2 is 2.24 bits per heavy atom. The van der Waals surface area contributed by atoms with Crippen LogP contribution in [0.2, 0.25) is 0 Å². The average molecular weight is 289 g/mol. The third kappa shape index (κ3) is 4.88. The lowest BCUT2D eigenvalue weighted by Crippen LogP contribution is -2.24. The van der Waals surface area contributed by atoms with Crippen molar-refractivity contribution in [2.24, 2.45) is 0 Å².